The molecule has 0 atom stereocenters. The second kappa shape index (κ2) is 3.40. The van der Waals surface area contributed by atoms with Crippen molar-refractivity contribution >= 4 is 11.3 Å². The van der Waals surface area contributed by atoms with Crippen LogP contribution in [0.4, 0.5) is 0 Å². The quantitative estimate of drug-likeness (QED) is 0.557. The molecule has 52 valence electrons. The van der Waals surface area contributed by atoms with Gasteiger partial charge in [0.2, 0.25) is 0 Å². The lowest BCUT2D eigenvalue weighted by Crippen LogP contribution is -1.73. The average Bonchev–Trinajstić information content (AvgIpc) is 2.31. The molecule has 0 saturated heterocycles. The van der Waals surface area contributed by atoms with E-state index in [1.807, 2.05) is 18.4 Å². The van der Waals surface area contributed by atoms with Gasteiger partial charge < -0.3 is 5.11 Å². The molecule has 0 saturated carbocycles. The first-order valence-electron chi connectivity index (χ1n) is 2.98. The molecule has 0 unspecified atom stereocenters. The molecule has 0 aliphatic heterocycles. The van der Waals surface area contributed by atoms with Crippen LogP contribution in [-0.2, 0) is 0 Å². The molecule has 0 aliphatic carbocycles. The van der Waals surface area contributed by atoms with Gasteiger partial charge in [0.05, 0.1) is 4.88 Å². The van der Waals surface area contributed by atoms with Crippen LogP contribution in [0.2, 0.25) is 0 Å². The molecule has 1 aromatic heterocycles. The van der Waals surface area contributed by atoms with Gasteiger partial charge >= 0.3 is 0 Å². The Morgan fingerprint density at radius 1 is 1.70 bits per heavy atom. The highest BCUT2D eigenvalue weighted by Gasteiger charge is 1.91. The highest BCUT2D eigenvalue weighted by atomic mass is 32.1. The van der Waals surface area contributed by atoms with E-state index in [1.54, 1.807) is 11.3 Å². The summed E-state index contributed by atoms with van der Waals surface area (Å²) in [5.74, 6) is 5.47. The van der Waals surface area contributed by atoms with Crippen molar-refractivity contribution in [3.63, 3.8) is 0 Å². The van der Waals surface area contributed by atoms with Crippen molar-refractivity contribution in [1.29, 1.82) is 0 Å². The molecule has 1 aromatic rings. The molecule has 1 heterocycles. The van der Waals surface area contributed by atoms with E-state index >= 15 is 0 Å². The number of hydrogen-bond acceptors (Lipinski definition) is 2. The highest BCUT2D eigenvalue weighted by Crippen LogP contribution is 2.12. The van der Waals surface area contributed by atoms with E-state index in [9.17, 15) is 0 Å². The molecule has 0 aromatic carbocycles. The van der Waals surface area contributed by atoms with Gasteiger partial charge in [0, 0.05) is 0 Å². The van der Waals surface area contributed by atoms with E-state index < -0.39 is 0 Å². The molecular formula is C8H8OS. The third-order valence-corrected chi connectivity index (χ3v) is 2.07. The normalized spacial score (nSPS) is 8.60. The lowest BCUT2D eigenvalue weighted by Gasteiger charge is -1.81. The average molecular weight is 152 g/mol. The lowest BCUT2D eigenvalue weighted by molar-refractivity contribution is 0.350. The molecule has 2 heteroatoms. The number of rotatable bonds is 0. The summed E-state index contributed by atoms with van der Waals surface area (Å²) in [6, 6.07) is 2.02. The molecule has 0 radical (unpaired) electrons. The Balaban J connectivity index is 2.84. The topological polar surface area (TPSA) is 20.2 Å². The molecule has 10 heavy (non-hydrogen) atoms. The molecule has 0 bridgehead atoms. The van der Waals surface area contributed by atoms with E-state index in [-0.39, 0.29) is 6.61 Å². The van der Waals surface area contributed by atoms with E-state index in [0.29, 0.717) is 0 Å². The largest absolute Gasteiger partial charge is 0.384 e. The number of aliphatic hydroxyl groups excluding tert-OH is 1. The lowest BCUT2D eigenvalue weighted by atomic mass is 10.3. The van der Waals surface area contributed by atoms with Crippen LogP contribution in [0.25, 0.3) is 0 Å². The first kappa shape index (κ1) is 7.33. The van der Waals surface area contributed by atoms with Gasteiger partial charge in [0.25, 0.3) is 0 Å². The minimum absolute atomic E-state index is 0.0582. The Morgan fingerprint density at radius 2 is 2.50 bits per heavy atom. The highest BCUT2D eigenvalue weighted by molar-refractivity contribution is 7.10. The van der Waals surface area contributed by atoms with Crippen LogP contribution in [0.1, 0.15) is 10.4 Å². The van der Waals surface area contributed by atoms with Crippen LogP contribution in [0.5, 0.6) is 0 Å². The second-order valence-corrected chi connectivity index (χ2v) is 2.81. The van der Waals surface area contributed by atoms with Crippen molar-refractivity contribution in [2.45, 2.75) is 6.92 Å². The zero-order valence-corrected chi connectivity index (χ0v) is 6.53. The Morgan fingerprint density at radius 3 is 3.00 bits per heavy atom. The minimum Gasteiger partial charge on any atom is -0.384 e. The Labute approximate surface area is 64.3 Å². The standard InChI is InChI=1S/C8H8OS/c1-7-4-6-10-8(7)3-2-5-9/h4,6,9H,5H2,1H3. The summed E-state index contributed by atoms with van der Waals surface area (Å²) in [6.45, 7) is 1.95. The Hall–Kier alpha value is -0.780. The molecule has 1 nitrogen and oxygen atoms in total. The summed E-state index contributed by atoms with van der Waals surface area (Å²) in [7, 11) is 0. The van der Waals surface area contributed by atoms with Crippen molar-refractivity contribution in [2.75, 3.05) is 6.61 Å². The molecule has 1 N–H and O–H groups in total. The van der Waals surface area contributed by atoms with E-state index in [1.165, 1.54) is 5.56 Å². The number of hydrogen-bond donors (Lipinski definition) is 1. The number of aliphatic hydroxyl groups is 1. The monoisotopic (exact) mass is 152 g/mol. The SMILES string of the molecule is Cc1ccsc1C#CCO. The van der Waals surface area contributed by atoms with Gasteiger partial charge in [0.15, 0.2) is 0 Å². The maximum absolute atomic E-state index is 8.39. The summed E-state index contributed by atoms with van der Waals surface area (Å²) < 4.78 is 0. The smallest absolute Gasteiger partial charge is 0.104 e. The van der Waals surface area contributed by atoms with Gasteiger partial charge in [0.1, 0.15) is 6.61 Å². The van der Waals surface area contributed by atoms with Crippen molar-refractivity contribution in [3.8, 4) is 11.8 Å². The predicted molar refractivity (Wildman–Crippen MR) is 43.0 cm³/mol. The maximum atomic E-state index is 8.39. The molecule has 0 fully saturated rings. The van der Waals surface area contributed by atoms with Crippen LogP contribution in [-0.4, -0.2) is 11.7 Å². The first-order chi connectivity index (χ1) is 4.84. The van der Waals surface area contributed by atoms with E-state index in [0.717, 1.165) is 4.88 Å². The van der Waals surface area contributed by atoms with Crippen LogP contribution in [0.15, 0.2) is 11.4 Å². The van der Waals surface area contributed by atoms with Crippen LogP contribution < -0.4 is 0 Å². The fraction of sp³-hybridized carbons (Fsp3) is 0.250. The summed E-state index contributed by atoms with van der Waals surface area (Å²) in [5.41, 5.74) is 1.19. The van der Waals surface area contributed by atoms with Gasteiger partial charge in [-0.15, -0.1) is 11.3 Å². The zero-order chi connectivity index (χ0) is 7.40. The fourth-order valence-corrected chi connectivity index (χ4v) is 1.41. The van der Waals surface area contributed by atoms with E-state index in [4.69, 9.17) is 5.11 Å². The molecule has 1 rings (SSSR count). The third kappa shape index (κ3) is 1.60. The van der Waals surface area contributed by atoms with Crippen molar-refractivity contribution < 1.29 is 5.11 Å². The number of thiophene rings is 1. The van der Waals surface area contributed by atoms with Crippen molar-refractivity contribution in [2.24, 2.45) is 0 Å². The van der Waals surface area contributed by atoms with Crippen LogP contribution in [0, 0.1) is 18.8 Å². The second-order valence-electron chi connectivity index (χ2n) is 1.89. The Kier molecular flexibility index (Phi) is 2.49. The summed E-state index contributed by atoms with van der Waals surface area (Å²) >= 11 is 1.60. The molecule has 0 aliphatic rings. The van der Waals surface area contributed by atoms with Gasteiger partial charge in [-0.05, 0) is 23.9 Å². The summed E-state index contributed by atoms with van der Waals surface area (Å²) in [4.78, 5) is 1.05. The minimum atomic E-state index is -0.0582. The van der Waals surface area contributed by atoms with Crippen LogP contribution in [0.3, 0.4) is 0 Å². The Bertz CT molecular complexity index is 264. The fourth-order valence-electron chi connectivity index (χ4n) is 0.621. The van der Waals surface area contributed by atoms with E-state index in [2.05, 4.69) is 11.8 Å². The predicted octanol–water partition coefficient (Wildman–Crippen LogP) is 1.40. The summed E-state index contributed by atoms with van der Waals surface area (Å²) in [5, 5.41) is 10.4. The van der Waals surface area contributed by atoms with Gasteiger partial charge in [-0.25, -0.2) is 0 Å². The van der Waals surface area contributed by atoms with Crippen molar-refractivity contribution in [3.05, 3.63) is 21.9 Å². The van der Waals surface area contributed by atoms with Gasteiger partial charge in [-0.3, -0.25) is 0 Å². The van der Waals surface area contributed by atoms with Crippen molar-refractivity contribution in [1.82, 2.24) is 0 Å². The zero-order valence-electron chi connectivity index (χ0n) is 5.72. The number of aryl methyl sites for hydroxylation is 1. The third-order valence-electron chi connectivity index (χ3n) is 1.14. The summed E-state index contributed by atoms with van der Waals surface area (Å²) in [6.07, 6.45) is 0. The molecule has 0 spiro atoms. The van der Waals surface area contributed by atoms with Crippen LogP contribution >= 0.6 is 11.3 Å². The van der Waals surface area contributed by atoms with Gasteiger partial charge in [-0.2, -0.15) is 0 Å². The maximum Gasteiger partial charge on any atom is 0.104 e. The first-order valence-corrected chi connectivity index (χ1v) is 3.86. The molecule has 0 amide bonds. The van der Waals surface area contributed by atoms with Gasteiger partial charge in [-0.1, -0.05) is 11.8 Å². The molecular weight excluding hydrogens is 144 g/mol.